The number of thioether (sulfide) groups is 1. The van der Waals surface area contributed by atoms with E-state index in [1.165, 1.54) is 24.9 Å². The first kappa shape index (κ1) is 33.4. The fourth-order valence-corrected chi connectivity index (χ4v) is 8.24. The van der Waals surface area contributed by atoms with Crippen LogP contribution in [0.1, 0.15) is 39.4 Å². The van der Waals surface area contributed by atoms with Crippen LogP contribution in [-0.2, 0) is 39.8 Å². The van der Waals surface area contributed by atoms with Gasteiger partial charge in [-0.1, -0.05) is 70.5 Å². The number of amides is 1. The highest BCUT2D eigenvalue weighted by molar-refractivity contribution is 9.10. The summed E-state index contributed by atoms with van der Waals surface area (Å²) in [4.78, 5) is 30.6. The molecule has 1 fully saturated rings. The van der Waals surface area contributed by atoms with Crippen LogP contribution in [0.4, 0.5) is 8.78 Å². The number of ketones is 1. The first-order valence-electron chi connectivity index (χ1n) is 15.6. The van der Waals surface area contributed by atoms with Gasteiger partial charge in [-0.15, -0.1) is 11.8 Å². The number of hydrogen-bond donors (Lipinski definition) is 1. The minimum Gasteiger partial charge on any atom is -0.496 e. The molecule has 1 saturated heterocycles. The van der Waals surface area contributed by atoms with Gasteiger partial charge in [-0.05, 0) is 40.5 Å². The monoisotopic (exact) mass is 747 g/mol. The number of ether oxygens (including phenoxy) is 2. The van der Waals surface area contributed by atoms with E-state index in [1.54, 1.807) is 22.2 Å². The molecule has 3 atom stereocenters. The van der Waals surface area contributed by atoms with Crippen molar-refractivity contribution < 1.29 is 33.0 Å². The van der Waals surface area contributed by atoms with Gasteiger partial charge in [0.25, 0.3) is 5.91 Å². The highest BCUT2D eigenvalue weighted by Crippen LogP contribution is 2.49. The Morgan fingerprint density at radius 1 is 1.00 bits per heavy atom. The van der Waals surface area contributed by atoms with Crippen LogP contribution in [0, 0.1) is 11.6 Å². The minimum absolute atomic E-state index is 0.00189. The van der Waals surface area contributed by atoms with Gasteiger partial charge in [0.2, 0.25) is 0 Å². The molecule has 8 nitrogen and oxygen atoms in total. The van der Waals surface area contributed by atoms with E-state index in [4.69, 9.17) is 9.47 Å². The lowest BCUT2D eigenvalue weighted by atomic mass is 9.91. The van der Waals surface area contributed by atoms with E-state index in [0.717, 1.165) is 26.6 Å². The number of fused-ring (bicyclic) bond motifs is 3. The largest absolute Gasteiger partial charge is 0.496 e. The molecule has 4 aromatic rings. The Morgan fingerprint density at radius 3 is 2.55 bits per heavy atom. The van der Waals surface area contributed by atoms with Gasteiger partial charge in [0.1, 0.15) is 5.75 Å². The van der Waals surface area contributed by atoms with E-state index in [0.29, 0.717) is 16.7 Å². The summed E-state index contributed by atoms with van der Waals surface area (Å²) < 4.78 is 43.5. The Bertz CT molecular complexity index is 1950. The predicted octanol–water partition coefficient (Wildman–Crippen LogP) is 6.49. The van der Waals surface area contributed by atoms with Crippen molar-refractivity contribution in [1.29, 1.82) is 0 Å². The number of carbonyl (C=O) groups is 2. The Balaban J connectivity index is 1.39. The third-order valence-corrected chi connectivity index (χ3v) is 10.7. The summed E-state index contributed by atoms with van der Waals surface area (Å²) in [6.07, 6.45) is 1.78. The van der Waals surface area contributed by atoms with Crippen LogP contribution >= 0.6 is 27.7 Å². The summed E-state index contributed by atoms with van der Waals surface area (Å²) in [7, 11) is 1.42. The van der Waals surface area contributed by atoms with Gasteiger partial charge in [0.15, 0.2) is 29.6 Å². The zero-order chi connectivity index (χ0) is 34.2. The van der Waals surface area contributed by atoms with E-state index in [1.807, 2.05) is 71.7 Å². The fourth-order valence-electron chi connectivity index (χ4n) is 6.73. The molecule has 3 heterocycles. The van der Waals surface area contributed by atoms with Gasteiger partial charge < -0.3 is 19.5 Å². The maximum atomic E-state index is 15.8. The van der Waals surface area contributed by atoms with E-state index < -0.39 is 29.8 Å². The van der Waals surface area contributed by atoms with Crippen LogP contribution in [0.3, 0.4) is 0 Å². The molecule has 7 rings (SSSR count). The van der Waals surface area contributed by atoms with Gasteiger partial charge in [-0.3, -0.25) is 14.6 Å². The third-order valence-electron chi connectivity index (χ3n) is 9.09. The van der Waals surface area contributed by atoms with Crippen molar-refractivity contribution in [2.45, 2.75) is 48.6 Å². The van der Waals surface area contributed by atoms with Crippen molar-refractivity contribution in [3.8, 4) is 5.75 Å². The molecule has 3 aliphatic heterocycles. The number of rotatable bonds is 8. The Morgan fingerprint density at radius 2 is 1.78 bits per heavy atom. The van der Waals surface area contributed by atoms with Crippen molar-refractivity contribution in [1.82, 2.24) is 14.9 Å². The molecule has 0 aromatic heterocycles. The van der Waals surface area contributed by atoms with Crippen LogP contribution in [0.15, 0.2) is 101 Å². The summed E-state index contributed by atoms with van der Waals surface area (Å²) >= 11 is 4.90. The van der Waals surface area contributed by atoms with E-state index in [2.05, 4.69) is 15.9 Å². The molecule has 0 spiro atoms. The van der Waals surface area contributed by atoms with Crippen molar-refractivity contribution >= 4 is 39.4 Å². The van der Waals surface area contributed by atoms with Gasteiger partial charge >= 0.3 is 0 Å². The highest BCUT2D eigenvalue weighted by atomic mass is 79.9. The average Bonchev–Trinajstić information content (AvgIpc) is 3.28. The second kappa shape index (κ2) is 14.0. The van der Waals surface area contributed by atoms with Gasteiger partial charge in [-0.25, -0.2) is 8.78 Å². The van der Waals surface area contributed by atoms with Crippen molar-refractivity contribution in [2.24, 2.45) is 0 Å². The number of carbonyl (C=O) groups excluding carboxylic acids is 2. The molecule has 252 valence electrons. The standard InChI is InChI=1S/C37H32BrF2N3O5S/c1-47-30-16-28(39)33(40)27-20-49-31-10-6-5-9-26(31)34(32(27)30)43-21-41(17-24-15-25(38)12-11-23(24)18-44)37(46)35-36(29(45)13-14-42(35)43)48-19-22-7-3-2-4-8-22/h2-16,34-36,44H,17-21H2,1H3. The van der Waals surface area contributed by atoms with Crippen molar-refractivity contribution in [3.63, 3.8) is 0 Å². The number of benzene rings is 4. The molecular formula is C37H32BrF2N3O5S. The molecule has 12 heteroatoms. The predicted molar refractivity (Wildman–Crippen MR) is 183 cm³/mol. The normalized spacial score (nSPS) is 20.5. The zero-order valence-electron chi connectivity index (χ0n) is 26.4. The summed E-state index contributed by atoms with van der Waals surface area (Å²) in [6, 6.07) is 21.6. The van der Waals surface area contributed by atoms with Crippen LogP contribution in [0.5, 0.6) is 5.75 Å². The highest BCUT2D eigenvalue weighted by Gasteiger charge is 2.51. The zero-order valence-corrected chi connectivity index (χ0v) is 28.8. The van der Waals surface area contributed by atoms with Gasteiger partial charge in [0.05, 0.1) is 33.0 Å². The lowest BCUT2D eigenvalue weighted by Gasteiger charge is -2.53. The molecule has 0 aliphatic carbocycles. The number of hydrogen-bond acceptors (Lipinski definition) is 8. The Kier molecular flexibility index (Phi) is 9.58. The molecular weight excluding hydrogens is 716 g/mol. The quantitative estimate of drug-likeness (QED) is 0.219. The number of halogens is 3. The van der Waals surface area contributed by atoms with Crippen LogP contribution in [0.25, 0.3) is 0 Å². The Labute approximate surface area is 295 Å². The summed E-state index contributed by atoms with van der Waals surface area (Å²) in [5, 5.41) is 13.8. The molecule has 3 unspecified atom stereocenters. The van der Waals surface area contributed by atoms with Crippen molar-refractivity contribution in [3.05, 3.63) is 141 Å². The van der Waals surface area contributed by atoms with Crippen molar-refractivity contribution in [2.75, 3.05) is 13.8 Å². The number of methoxy groups -OCH3 is 1. The summed E-state index contributed by atoms with van der Waals surface area (Å²) in [5.41, 5.74) is 3.57. The number of aliphatic hydroxyl groups excluding tert-OH is 1. The topological polar surface area (TPSA) is 82.5 Å². The smallest absolute Gasteiger partial charge is 0.251 e. The first-order valence-corrected chi connectivity index (χ1v) is 17.4. The Hall–Kier alpha value is -4.07. The van der Waals surface area contributed by atoms with Crippen LogP contribution in [-0.4, -0.2) is 57.6 Å². The molecule has 4 aromatic carbocycles. The maximum Gasteiger partial charge on any atom is 0.251 e. The molecule has 0 bridgehead atoms. The minimum atomic E-state index is -1.18. The van der Waals surface area contributed by atoms with Gasteiger partial charge in [0, 0.05) is 51.1 Å². The fraction of sp³-hybridized carbons (Fsp3) is 0.243. The molecule has 3 aliphatic rings. The van der Waals surface area contributed by atoms with E-state index in [9.17, 15) is 14.7 Å². The van der Waals surface area contributed by atoms with E-state index in [-0.39, 0.29) is 55.2 Å². The molecule has 0 radical (unpaired) electrons. The number of nitrogens with zero attached hydrogens (tertiary/aromatic N) is 3. The molecule has 1 N–H and O–H groups in total. The number of hydrazine groups is 1. The van der Waals surface area contributed by atoms with Crippen LogP contribution in [0.2, 0.25) is 0 Å². The molecule has 1 amide bonds. The van der Waals surface area contributed by atoms with Crippen LogP contribution < -0.4 is 4.74 Å². The maximum absolute atomic E-state index is 15.8. The number of aliphatic hydroxyl groups is 1. The summed E-state index contributed by atoms with van der Waals surface area (Å²) in [5.74, 6) is -2.38. The average molecular weight is 749 g/mol. The first-order chi connectivity index (χ1) is 23.8. The SMILES string of the molecule is COc1cc(F)c(F)c2c1C(N1CN(Cc3cc(Br)ccc3CO)C(=O)C3C(OCc4ccccc4)C(=O)C=CN31)c1ccccc1SC2. The second-order valence-corrected chi connectivity index (χ2v) is 13.9. The molecule has 0 saturated carbocycles. The molecule has 49 heavy (non-hydrogen) atoms. The second-order valence-electron chi connectivity index (χ2n) is 11.9. The van der Waals surface area contributed by atoms with E-state index >= 15 is 8.78 Å². The van der Waals surface area contributed by atoms with Gasteiger partial charge in [-0.2, -0.15) is 5.01 Å². The lowest BCUT2D eigenvalue weighted by Crippen LogP contribution is -2.68. The lowest BCUT2D eigenvalue weighted by molar-refractivity contribution is -0.191. The summed E-state index contributed by atoms with van der Waals surface area (Å²) in [6.45, 7) is -0.0469. The third kappa shape index (κ3) is 6.28.